The fourth-order valence-electron chi connectivity index (χ4n) is 6.91. The summed E-state index contributed by atoms with van der Waals surface area (Å²) < 4.78 is 0. The van der Waals surface area contributed by atoms with E-state index in [1.165, 1.54) is 32.1 Å². The van der Waals surface area contributed by atoms with Gasteiger partial charge >= 0.3 is 0 Å². The van der Waals surface area contributed by atoms with E-state index in [0.29, 0.717) is 23.7 Å². The van der Waals surface area contributed by atoms with Gasteiger partial charge in [0.25, 0.3) is 0 Å². The molecule has 0 aromatic heterocycles. The SMILES string of the molecule is C=C1/C(=C\C=C2CCC[C@@]3(C)C2CC[C@@H]3[C@@H](C)CCCC(C)(C)O)C[C@@H](O)[C@H](C)[C@H]1O. The number of hydrogen-bond acceptors (Lipinski definition) is 3. The predicted molar refractivity (Wildman–Crippen MR) is 129 cm³/mol. The second-order valence-corrected chi connectivity index (χ2v) is 11.8. The van der Waals surface area contributed by atoms with E-state index in [0.717, 1.165) is 36.3 Å². The van der Waals surface area contributed by atoms with Gasteiger partial charge in [-0.3, -0.25) is 0 Å². The van der Waals surface area contributed by atoms with Crippen LogP contribution in [0.4, 0.5) is 0 Å². The minimum atomic E-state index is -0.648. The molecule has 0 aromatic carbocycles. The lowest BCUT2D eigenvalue weighted by Crippen LogP contribution is -2.36. The van der Waals surface area contributed by atoms with Crippen LogP contribution >= 0.6 is 0 Å². The van der Waals surface area contributed by atoms with Crippen LogP contribution in [-0.2, 0) is 0 Å². The van der Waals surface area contributed by atoms with Crippen molar-refractivity contribution in [1.29, 1.82) is 0 Å². The van der Waals surface area contributed by atoms with Crippen molar-refractivity contribution in [2.24, 2.45) is 29.1 Å². The van der Waals surface area contributed by atoms with Gasteiger partial charge in [0, 0.05) is 5.92 Å². The number of fused-ring (bicyclic) bond motifs is 1. The van der Waals surface area contributed by atoms with Crippen molar-refractivity contribution in [1.82, 2.24) is 0 Å². The fourth-order valence-corrected chi connectivity index (χ4v) is 6.91. The summed E-state index contributed by atoms with van der Waals surface area (Å²) in [7, 11) is 0. The lowest BCUT2D eigenvalue weighted by molar-refractivity contribution is 0.0283. The van der Waals surface area contributed by atoms with Crippen LogP contribution in [0, 0.1) is 29.1 Å². The van der Waals surface area contributed by atoms with Crippen LogP contribution < -0.4 is 0 Å². The molecule has 0 aromatic rings. The minimum absolute atomic E-state index is 0.149. The Kier molecular flexibility index (Phi) is 7.61. The van der Waals surface area contributed by atoms with Crippen LogP contribution in [0.2, 0.25) is 0 Å². The molecule has 3 heteroatoms. The molecular formula is C28H46O3. The van der Waals surface area contributed by atoms with Gasteiger partial charge < -0.3 is 15.3 Å². The number of aliphatic hydroxyl groups is 3. The molecule has 3 N–H and O–H groups in total. The van der Waals surface area contributed by atoms with Crippen LogP contribution in [0.3, 0.4) is 0 Å². The van der Waals surface area contributed by atoms with Crippen molar-refractivity contribution < 1.29 is 15.3 Å². The van der Waals surface area contributed by atoms with Crippen molar-refractivity contribution in [3.63, 3.8) is 0 Å². The molecule has 0 radical (unpaired) electrons. The molecule has 0 spiro atoms. The Morgan fingerprint density at radius 1 is 1.23 bits per heavy atom. The third-order valence-corrected chi connectivity index (χ3v) is 8.97. The summed E-state index contributed by atoms with van der Waals surface area (Å²) in [6.45, 7) is 14.8. The van der Waals surface area contributed by atoms with Crippen molar-refractivity contribution in [2.45, 2.75) is 110 Å². The summed E-state index contributed by atoms with van der Waals surface area (Å²) >= 11 is 0. The average Bonchev–Trinajstić information content (AvgIpc) is 3.04. The summed E-state index contributed by atoms with van der Waals surface area (Å²) in [5, 5.41) is 30.7. The second kappa shape index (κ2) is 9.53. The van der Waals surface area contributed by atoms with E-state index in [2.05, 4.69) is 32.6 Å². The normalized spacial score (nSPS) is 40.4. The number of aliphatic hydroxyl groups excluding tert-OH is 2. The fraction of sp³-hybridized carbons (Fsp3) is 0.786. The molecule has 0 bridgehead atoms. The topological polar surface area (TPSA) is 60.7 Å². The van der Waals surface area contributed by atoms with E-state index in [-0.39, 0.29) is 5.92 Å². The van der Waals surface area contributed by atoms with Gasteiger partial charge in [-0.1, -0.05) is 57.9 Å². The first-order valence-electron chi connectivity index (χ1n) is 12.6. The van der Waals surface area contributed by atoms with E-state index in [4.69, 9.17) is 0 Å². The molecule has 0 heterocycles. The largest absolute Gasteiger partial charge is 0.392 e. The molecule has 3 rings (SSSR count). The van der Waals surface area contributed by atoms with Crippen LogP contribution in [0.15, 0.2) is 35.5 Å². The standard InChI is InChI=1S/C28H46O3/c1-18(9-7-15-27(4,5)31)23-13-14-24-21(10-8-16-28(23,24)6)11-12-22-17-25(29)20(3)26(30)19(22)2/h11-12,18,20,23-26,29-31H,2,7-10,13-17H2,1,3-6H3/b21-11?,22-12-/t18-,20-,23+,24?,25+,26-,28+/m0/s1. The summed E-state index contributed by atoms with van der Waals surface area (Å²) in [4.78, 5) is 0. The third-order valence-electron chi connectivity index (χ3n) is 8.97. The van der Waals surface area contributed by atoms with Gasteiger partial charge in [-0.25, -0.2) is 0 Å². The van der Waals surface area contributed by atoms with Crippen molar-refractivity contribution in [3.8, 4) is 0 Å². The molecule has 0 aliphatic heterocycles. The first kappa shape index (κ1) is 24.7. The first-order valence-corrected chi connectivity index (χ1v) is 12.6. The smallest absolute Gasteiger partial charge is 0.0837 e. The van der Waals surface area contributed by atoms with Crippen molar-refractivity contribution >= 4 is 0 Å². The van der Waals surface area contributed by atoms with E-state index in [1.54, 1.807) is 5.57 Å². The van der Waals surface area contributed by atoms with Crippen LogP contribution in [0.25, 0.3) is 0 Å². The van der Waals surface area contributed by atoms with Gasteiger partial charge in [-0.2, -0.15) is 0 Å². The Morgan fingerprint density at radius 3 is 2.61 bits per heavy atom. The highest BCUT2D eigenvalue weighted by molar-refractivity contribution is 5.39. The van der Waals surface area contributed by atoms with Gasteiger partial charge in [0.2, 0.25) is 0 Å². The summed E-state index contributed by atoms with van der Waals surface area (Å²) in [6.07, 6.45) is 13.4. The van der Waals surface area contributed by atoms with Crippen LogP contribution in [-0.4, -0.2) is 33.1 Å². The highest BCUT2D eigenvalue weighted by Crippen LogP contribution is 2.60. The molecule has 3 nitrogen and oxygen atoms in total. The second-order valence-electron chi connectivity index (χ2n) is 11.8. The maximum Gasteiger partial charge on any atom is 0.0837 e. The molecular weight excluding hydrogens is 384 g/mol. The van der Waals surface area contributed by atoms with Gasteiger partial charge in [0.05, 0.1) is 17.8 Å². The molecule has 3 fully saturated rings. The van der Waals surface area contributed by atoms with Crippen molar-refractivity contribution in [2.75, 3.05) is 0 Å². The maximum atomic E-state index is 10.4. The summed E-state index contributed by atoms with van der Waals surface area (Å²) in [6, 6.07) is 0. The number of rotatable bonds is 6. The van der Waals surface area contributed by atoms with Crippen LogP contribution in [0.5, 0.6) is 0 Å². The molecule has 1 unspecified atom stereocenters. The molecule has 3 saturated carbocycles. The third kappa shape index (κ3) is 5.37. The maximum absolute atomic E-state index is 10.4. The predicted octanol–water partition coefficient (Wildman–Crippen LogP) is 5.95. The molecule has 0 saturated heterocycles. The Bertz CT molecular complexity index is 712. The molecule has 0 amide bonds. The Labute approximate surface area is 190 Å². The van der Waals surface area contributed by atoms with E-state index < -0.39 is 17.8 Å². The van der Waals surface area contributed by atoms with Gasteiger partial charge in [-0.05, 0) is 93.1 Å². The number of allylic oxidation sites excluding steroid dienone is 3. The summed E-state index contributed by atoms with van der Waals surface area (Å²) in [5.74, 6) is 1.94. The van der Waals surface area contributed by atoms with Crippen molar-refractivity contribution in [3.05, 3.63) is 35.5 Å². The zero-order valence-corrected chi connectivity index (χ0v) is 20.5. The molecule has 7 atom stereocenters. The van der Waals surface area contributed by atoms with Gasteiger partial charge in [-0.15, -0.1) is 0 Å². The Balaban J connectivity index is 1.71. The van der Waals surface area contributed by atoms with E-state index in [9.17, 15) is 15.3 Å². The highest BCUT2D eigenvalue weighted by atomic mass is 16.3. The zero-order chi connectivity index (χ0) is 23.0. The molecule has 176 valence electrons. The lowest BCUT2D eigenvalue weighted by Gasteiger charge is -2.44. The van der Waals surface area contributed by atoms with E-state index >= 15 is 0 Å². The number of hydrogen-bond donors (Lipinski definition) is 3. The highest BCUT2D eigenvalue weighted by Gasteiger charge is 2.50. The Morgan fingerprint density at radius 2 is 1.94 bits per heavy atom. The quantitative estimate of drug-likeness (QED) is 0.488. The lowest BCUT2D eigenvalue weighted by atomic mass is 9.60. The van der Waals surface area contributed by atoms with Crippen LogP contribution in [0.1, 0.15) is 92.4 Å². The van der Waals surface area contributed by atoms with Gasteiger partial charge in [0.15, 0.2) is 0 Å². The monoisotopic (exact) mass is 430 g/mol. The average molecular weight is 431 g/mol. The molecule has 3 aliphatic rings. The minimum Gasteiger partial charge on any atom is -0.392 e. The Hall–Kier alpha value is -0.900. The van der Waals surface area contributed by atoms with Gasteiger partial charge in [0.1, 0.15) is 0 Å². The zero-order valence-electron chi connectivity index (χ0n) is 20.5. The molecule has 31 heavy (non-hydrogen) atoms. The first-order chi connectivity index (χ1) is 14.4. The summed E-state index contributed by atoms with van der Waals surface area (Å²) in [5.41, 5.74) is 3.15. The molecule has 3 aliphatic carbocycles. The van der Waals surface area contributed by atoms with E-state index in [1.807, 2.05) is 20.8 Å².